The number of hydrogen-bond acceptors (Lipinski definition) is 4. The Morgan fingerprint density at radius 3 is 2.45 bits per heavy atom. The smallest absolute Gasteiger partial charge is 0.341 e. The molecule has 1 aromatic rings. The van der Waals surface area contributed by atoms with Crippen LogP contribution in [0.3, 0.4) is 0 Å². The van der Waals surface area contributed by atoms with Gasteiger partial charge in [-0.25, -0.2) is 4.79 Å². The summed E-state index contributed by atoms with van der Waals surface area (Å²) in [6.07, 6.45) is 1.42. The van der Waals surface area contributed by atoms with Gasteiger partial charge in [0, 0.05) is 5.69 Å². The van der Waals surface area contributed by atoms with Gasteiger partial charge in [-0.3, -0.25) is 4.79 Å². The summed E-state index contributed by atoms with van der Waals surface area (Å²) in [7, 11) is 0. The van der Waals surface area contributed by atoms with E-state index in [-0.39, 0.29) is 5.91 Å². The number of carboxylic acid groups (broad SMARTS) is 1. The van der Waals surface area contributed by atoms with E-state index in [2.05, 4.69) is 5.32 Å². The van der Waals surface area contributed by atoms with E-state index in [0.717, 1.165) is 6.42 Å². The van der Waals surface area contributed by atoms with Gasteiger partial charge in [0.05, 0.1) is 5.54 Å². The Bertz CT molecular complexity index is 469. The highest BCUT2D eigenvalue weighted by Gasteiger charge is 2.27. The Morgan fingerprint density at radius 1 is 1.35 bits per heavy atom. The molecule has 20 heavy (non-hydrogen) atoms. The SMILES string of the molecule is CCCC(C)(N)C(=O)Nc1ccc(OCC(=O)O)cc1. The number of hydrogen-bond donors (Lipinski definition) is 3. The van der Waals surface area contributed by atoms with Crippen LogP contribution in [0.4, 0.5) is 5.69 Å². The van der Waals surface area contributed by atoms with Gasteiger partial charge >= 0.3 is 5.97 Å². The third-order valence-electron chi connectivity index (χ3n) is 2.76. The third-order valence-corrected chi connectivity index (χ3v) is 2.76. The highest BCUT2D eigenvalue weighted by Crippen LogP contribution is 2.18. The monoisotopic (exact) mass is 280 g/mol. The Kier molecular flexibility index (Phi) is 5.52. The number of benzene rings is 1. The maximum Gasteiger partial charge on any atom is 0.341 e. The van der Waals surface area contributed by atoms with Crippen molar-refractivity contribution in [3.8, 4) is 5.75 Å². The molecule has 0 saturated carbocycles. The molecule has 0 aliphatic rings. The van der Waals surface area contributed by atoms with Crippen LogP contribution in [0.25, 0.3) is 0 Å². The number of carbonyl (C=O) groups is 2. The molecule has 0 spiro atoms. The van der Waals surface area contributed by atoms with Crippen molar-refractivity contribution >= 4 is 17.6 Å². The molecule has 0 aromatic heterocycles. The minimum Gasteiger partial charge on any atom is -0.482 e. The molecule has 6 nitrogen and oxygen atoms in total. The predicted octanol–water partition coefficient (Wildman–Crippen LogP) is 1.61. The van der Waals surface area contributed by atoms with Crippen molar-refractivity contribution in [2.75, 3.05) is 11.9 Å². The number of nitrogens with two attached hydrogens (primary N) is 1. The van der Waals surface area contributed by atoms with Gasteiger partial charge < -0.3 is 20.9 Å². The summed E-state index contributed by atoms with van der Waals surface area (Å²) in [5, 5.41) is 11.2. The zero-order valence-electron chi connectivity index (χ0n) is 11.7. The molecule has 0 aliphatic carbocycles. The molecule has 0 saturated heterocycles. The molecule has 0 radical (unpaired) electrons. The van der Waals surface area contributed by atoms with Crippen LogP contribution < -0.4 is 15.8 Å². The summed E-state index contributed by atoms with van der Waals surface area (Å²) in [4.78, 5) is 22.3. The van der Waals surface area contributed by atoms with Crippen molar-refractivity contribution in [2.45, 2.75) is 32.2 Å². The van der Waals surface area contributed by atoms with Gasteiger partial charge in [-0.05, 0) is 37.6 Å². The van der Waals surface area contributed by atoms with Gasteiger partial charge in [0.1, 0.15) is 5.75 Å². The minimum absolute atomic E-state index is 0.251. The largest absolute Gasteiger partial charge is 0.482 e. The van der Waals surface area contributed by atoms with Crippen LogP contribution in [0.5, 0.6) is 5.75 Å². The van der Waals surface area contributed by atoms with Crippen LogP contribution in [0.2, 0.25) is 0 Å². The quantitative estimate of drug-likeness (QED) is 0.704. The lowest BCUT2D eigenvalue weighted by molar-refractivity contribution is -0.139. The predicted molar refractivity (Wildman–Crippen MR) is 75.7 cm³/mol. The highest BCUT2D eigenvalue weighted by atomic mass is 16.5. The Morgan fingerprint density at radius 2 is 1.95 bits per heavy atom. The van der Waals surface area contributed by atoms with Crippen LogP contribution in [-0.2, 0) is 9.59 Å². The number of nitrogens with one attached hydrogen (secondary N) is 1. The highest BCUT2D eigenvalue weighted by molar-refractivity contribution is 5.97. The Balaban J connectivity index is 2.61. The van der Waals surface area contributed by atoms with E-state index in [1.165, 1.54) is 0 Å². The molecule has 4 N–H and O–H groups in total. The van der Waals surface area contributed by atoms with E-state index in [4.69, 9.17) is 15.6 Å². The van der Waals surface area contributed by atoms with Crippen molar-refractivity contribution in [2.24, 2.45) is 5.73 Å². The molecule has 110 valence electrons. The second kappa shape index (κ2) is 6.91. The molecule has 1 rings (SSSR count). The normalized spacial score (nSPS) is 13.3. The first kappa shape index (κ1) is 16.0. The fourth-order valence-electron chi connectivity index (χ4n) is 1.69. The van der Waals surface area contributed by atoms with E-state index < -0.39 is 18.1 Å². The lowest BCUT2D eigenvalue weighted by Crippen LogP contribution is -2.48. The molecule has 0 fully saturated rings. The van der Waals surface area contributed by atoms with Crippen LogP contribution >= 0.6 is 0 Å². The van der Waals surface area contributed by atoms with Crippen molar-refractivity contribution in [3.63, 3.8) is 0 Å². The van der Waals surface area contributed by atoms with Gasteiger partial charge in [-0.1, -0.05) is 13.3 Å². The first-order chi connectivity index (χ1) is 9.35. The van der Waals surface area contributed by atoms with Crippen LogP contribution in [0.15, 0.2) is 24.3 Å². The summed E-state index contributed by atoms with van der Waals surface area (Å²) < 4.78 is 5.00. The fraction of sp³-hybridized carbons (Fsp3) is 0.429. The molecule has 0 bridgehead atoms. The summed E-state index contributed by atoms with van der Waals surface area (Å²) >= 11 is 0. The second-order valence-corrected chi connectivity index (χ2v) is 4.83. The lowest BCUT2D eigenvalue weighted by atomic mass is 9.96. The molecule has 0 aliphatic heterocycles. The van der Waals surface area contributed by atoms with Gasteiger partial charge in [-0.15, -0.1) is 0 Å². The summed E-state index contributed by atoms with van der Waals surface area (Å²) in [6.45, 7) is 3.26. The molecule has 1 amide bonds. The average Bonchev–Trinajstić information content (AvgIpc) is 2.37. The topological polar surface area (TPSA) is 102 Å². The lowest BCUT2D eigenvalue weighted by Gasteiger charge is -2.22. The molecule has 6 heteroatoms. The van der Waals surface area contributed by atoms with Crippen molar-refractivity contribution in [1.29, 1.82) is 0 Å². The van der Waals surface area contributed by atoms with Gasteiger partial charge in [0.25, 0.3) is 0 Å². The molecular weight excluding hydrogens is 260 g/mol. The van der Waals surface area contributed by atoms with Gasteiger partial charge in [-0.2, -0.15) is 0 Å². The molecule has 1 atom stereocenters. The molecule has 1 aromatic carbocycles. The number of amides is 1. The third kappa shape index (κ3) is 4.89. The Labute approximate surface area is 117 Å². The van der Waals surface area contributed by atoms with Crippen molar-refractivity contribution in [3.05, 3.63) is 24.3 Å². The summed E-state index contributed by atoms with van der Waals surface area (Å²) in [6, 6.07) is 6.45. The molecule has 0 heterocycles. The number of carboxylic acids is 1. The fourth-order valence-corrected chi connectivity index (χ4v) is 1.69. The van der Waals surface area contributed by atoms with Gasteiger partial charge in [0.2, 0.25) is 5.91 Å². The number of carbonyl (C=O) groups excluding carboxylic acids is 1. The molecule has 1 unspecified atom stereocenters. The summed E-state index contributed by atoms with van der Waals surface area (Å²) in [5.41, 5.74) is 5.61. The number of rotatable bonds is 7. The van der Waals surface area contributed by atoms with Gasteiger partial charge in [0.15, 0.2) is 6.61 Å². The summed E-state index contributed by atoms with van der Waals surface area (Å²) in [5.74, 6) is -0.867. The van der Waals surface area contributed by atoms with Crippen molar-refractivity contribution < 1.29 is 19.4 Å². The van der Waals surface area contributed by atoms with E-state index in [1.54, 1.807) is 31.2 Å². The van der Waals surface area contributed by atoms with Crippen molar-refractivity contribution in [1.82, 2.24) is 0 Å². The number of anilines is 1. The molecular formula is C14H20N2O4. The van der Waals surface area contributed by atoms with E-state index >= 15 is 0 Å². The number of aliphatic carboxylic acids is 1. The van der Waals surface area contributed by atoms with Crippen LogP contribution in [0.1, 0.15) is 26.7 Å². The van der Waals surface area contributed by atoms with E-state index in [1.807, 2.05) is 6.92 Å². The maximum atomic E-state index is 12.0. The van der Waals surface area contributed by atoms with E-state index in [0.29, 0.717) is 17.9 Å². The van der Waals surface area contributed by atoms with E-state index in [9.17, 15) is 9.59 Å². The minimum atomic E-state index is -1.04. The second-order valence-electron chi connectivity index (χ2n) is 4.83. The zero-order valence-corrected chi connectivity index (χ0v) is 11.7. The maximum absolute atomic E-state index is 12.0. The Hall–Kier alpha value is -2.08. The average molecular weight is 280 g/mol. The van der Waals surface area contributed by atoms with Crippen LogP contribution in [0, 0.1) is 0 Å². The standard InChI is InChI=1S/C14H20N2O4/c1-3-8-14(2,15)13(19)16-10-4-6-11(7-5-10)20-9-12(17)18/h4-7H,3,8-9,15H2,1-2H3,(H,16,19)(H,17,18). The first-order valence-corrected chi connectivity index (χ1v) is 6.40. The number of ether oxygens (including phenoxy) is 1. The zero-order chi connectivity index (χ0) is 15.2. The van der Waals surface area contributed by atoms with Crippen LogP contribution in [-0.4, -0.2) is 29.1 Å². The first-order valence-electron chi connectivity index (χ1n) is 6.40.